The highest BCUT2D eigenvalue weighted by atomic mass is 19.1. The van der Waals surface area contributed by atoms with Gasteiger partial charge in [-0.25, -0.2) is 4.39 Å². The van der Waals surface area contributed by atoms with Crippen molar-refractivity contribution >= 4 is 5.78 Å². The van der Waals surface area contributed by atoms with Crippen LogP contribution in [0.2, 0.25) is 0 Å². The van der Waals surface area contributed by atoms with Crippen molar-refractivity contribution in [3.8, 4) is 0 Å². The Kier molecular flexibility index (Phi) is 3.84. The molecule has 0 saturated carbocycles. The topological polar surface area (TPSA) is 33.2 Å². The lowest BCUT2D eigenvalue weighted by molar-refractivity contribution is -0.118. The van der Waals surface area contributed by atoms with Crippen LogP contribution in [0.1, 0.15) is 31.7 Å². The third kappa shape index (κ3) is 3.33. The number of hydrogen-bond acceptors (Lipinski definition) is 3. The first-order chi connectivity index (χ1) is 8.15. The molecule has 0 bridgehead atoms. The van der Waals surface area contributed by atoms with Crippen LogP contribution in [0, 0.1) is 5.82 Å². The lowest BCUT2D eigenvalue weighted by Crippen LogP contribution is -2.30. The highest BCUT2D eigenvalue weighted by molar-refractivity contribution is 5.76. The summed E-state index contributed by atoms with van der Waals surface area (Å²) < 4.78 is 13.0. The Hall–Kier alpha value is -1.29. The van der Waals surface area contributed by atoms with Gasteiger partial charge in [0.15, 0.2) is 0 Å². The van der Waals surface area contributed by atoms with Crippen molar-refractivity contribution in [2.75, 3.05) is 6.54 Å². The second-order valence-electron chi connectivity index (χ2n) is 4.68. The molecule has 1 saturated heterocycles. The molecule has 2 rings (SSSR count). The van der Waals surface area contributed by atoms with Gasteiger partial charge in [-0.3, -0.25) is 14.7 Å². The van der Waals surface area contributed by atoms with E-state index in [9.17, 15) is 9.18 Å². The maximum atomic E-state index is 13.0. The third-order valence-corrected chi connectivity index (χ3v) is 3.17. The molecule has 1 aliphatic rings. The standard InChI is InChI=1S/C13H17FN2O/c1-10(17)5-13-3-2-4-16(13)9-11-6-12(14)8-15-7-11/h6-8,13H,2-5,9H2,1H3. The fourth-order valence-electron chi connectivity index (χ4n) is 2.44. The molecule has 1 aromatic rings. The number of aromatic nitrogens is 1. The normalized spacial score (nSPS) is 20.7. The Morgan fingerprint density at radius 2 is 2.41 bits per heavy atom. The second kappa shape index (κ2) is 5.36. The highest BCUT2D eigenvalue weighted by Crippen LogP contribution is 2.22. The smallest absolute Gasteiger partial charge is 0.141 e. The predicted molar refractivity (Wildman–Crippen MR) is 62.9 cm³/mol. The zero-order chi connectivity index (χ0) is 12.3. The zero-order valence-corrected chi connectivity index (χ0v) is 10.0. The first kappa shape index (κ1) is 12.2. The van der Waals surface area contributed by atoms with Crippen molar-refractivity contribution in [1.82, 2.24) is 9.88 Å². The first-order valence-corrected chi connectivity index (χ1v) is 5.98. The Morgan fingerprint density at radius 1 is 1.59 bits per heavy atom. The molecule has 92 valence electrons. The quantitative estimate of drug-likeness (QED) is 0.803. The molecule has 17 heavy (non-hydrogen) atoms. The van der Waals surface area contributed by atoms with E-state index < -0.39 is 0 Å². The van der Waals surface area contributed by atoms with E-state index in [4.69, 9.17) is 0 Å². The molecule has 0 aromatic carbocycles. The van der Waals surface area contributed by atoms with Crippen LogP contribution in [-0.4, -0.2) is 28.3 Å². The van der Waals surface area contributed by atoms with Crippen molar-refractivity contribution in [2.45, 2.75) is 38.8 Å². The SMILES string of the molecule is CC(=O)CC1CCCN1Cc1cncc(F)c1. The average Bonchev–Trinajstić information content (AvgIpc) is 2.65. The monoisotopic (exact) mass is 236 g/mol. The molecule has 1 aliphatic heterocycles. The second-order valence-corrected chi connectivity index (χ2v) is 4.68. The van der Waals surface area contributed by atoms with E-state index in [2.05, 4.69) is 9.88 Å². The summed E-state index contributed by atoms with van der Waals surface area (Å²) in [7, 11) is 0. The van der Waals surface area contributed by atoms with Crippen LogP contribution in [0.5, 0.6) is 0 Å². The van der Waals surface area contributed by atoms with Gasteiger partial charge in [-0.05, 0) is 37.9 Å². The summed E-state index contributed by atoms with van der Waals surface area (Å²) in [4.78, 5) is 17.2. The fraction of sp³-hybridized carbons (Fsp3) is 0.538. The molecule has 3 nitrogen and oxygen atoms in total. The Labute approximate surface area is 101 Å². The molecule has 0 aliphatic carbocycles. The lowest BCUT2D eigenvalue weighted by atomic mass is 10.1. The van der Waals surface area contributed by atoms with Gasteiger partial charge in [0, 0.05) is 25.2 Å². The van der Waals surface area contributed by atoms with Gasteiger partial charge < -0.3 is 0 Å². The van der Waals surface area contributed by atoms with E-state index in [0.29, 0.717) is 19.0 Å². The summed E-state index contributed by atoms with van der Waals surface area (Å²) in [6.45, 7) is 3.29. The number of carbonyl (C=O) groups is 1. The highest BCUT2D eigenvalue weighted by Gasteiger charge is 2.25. The van der Waals surface area contributed by atoms with E-state index in [0.717, 1.165) is 24.9 Å². The summed E-state index contributed by atoms with van der Waals surface area (Å²) in [5.41, 5.74) is 0.875. The Morgan fingerprint density at radius 3 is 3.12 bits per heavy atom. The molecule has 1 fully saturated rings. The largest absolute Gasteiger partial charge is 0.300 e. The van der Waals surface area contributed by atoms with Crippen molar-refractivity contribution in [3.05, 3.63) is 29.8 Å². The predicted octanol–water partition coefficient (Wildman–Crippen LogP) is 2.16. The number of Topliss-reactive ketones (excluding diaryl/α,β-unsaturated/α-hetero) is 1. The van der Waals surface area contributed by atoms with E-state index in [1.54, 1.807) is 13.1 Å². The molecule has 0 N–H and O–H groups in total. The number of nitrogens with zero attached hydrogens (tertiary/aromatic N) is 2. The minimum Gasteiger partial charge on any atom is -0.300 e. The van der Waals surface area contributed by atoms with E-state index >= 15 is 0 Å². The van der Waals surface area contributed by atoms with Gasteiger partial charge in [0.25, 0.3) is 0 Å². The maximum Gasteiger partial charge on any atom is 0.141 e. The van der Waals surface area contributed by atoms with Crippen LogP contribution < -0.4 is 0 Å². The molecule has 4 heteroatoms. The molecule has 0 radical (unpaired) electrons. The molecule has 0 spiro atoms. The van der Waals surface area contributed by atoms with Crippen LogP contribution in [0.3, 0.4) is 0 Å². The zero-order valence-electron chi connectivity index (χ0n) is 10.0. The van der Waals surface area contributed by atoms with Gasteiger partial charge in [-0.15, -0.1) is 0 Å². The van der Waals surface area contributed by atoms with Gasteiger partial charge in [0.2, 0.25) is 0 Å². The molecular weight excluding hydrogens is 219 g/mol. The first-order valence-electron chi connectivity index (χ1n) is 5.98. The summed E-state index contributed by atoms with van der Waals surface area (Å²) in [6, 6.07) is 1.83. The van der Waals surface area contributed by atoms with Crippen molar-refractivity contribution in [2.24, 2.45) is 0 Å². The van der Waals surface area contributed by atoms with Gasteiger partial charge in [0.05, 0.1) is 6.20 Å². The number of rotatable bonds is 4. The van der Waals surface area contributed by atoms with Crippen molar-refractivity contribution < 1.29 is 9.18 Å². The Balaban J connectivity index is 2.00. The number of likely N-dealkylation sites (tertiary alicyclic amines) is 1. The van der Waals surface area contributed by atoms with Crippen LogP contribution in [0.25, 0.3) is 0 Å². The number of ketones is 1. The van der Waals surface area contributed by atoms with Crippen molar-refractivity contribution in [3.63, 3.8) is 0 Å². The molecule has 1 aromatic heterocycles. The van der Waals surface area contributed by atoms with Crippen LogP contribution in [-0.2, 0) is 11.3 Å². The molecular formula is C13H17FN2O. The minimum absolute atomic E-state index is 0.222. The summed E-state index contributed by atoms with van der Waals surface area (Å²) in [6.07, 6.45) is 5.67. The molecule has 2 heterocycles. The summed E-state index contributed by atoms with van der Waals surface area (Å²) in [5.74, 6) is -0.0796. The number of halogens is 1. The lowest BCUT2D eigenvalue weighted by Gasteiger charge is -2.23. The minimum atomic E-state index is -0.301. The number of hydrogen-bond donors (Lipinski definition) is 0. The average molecular weight is 236 g/mol. The number of pyridine rings is 1. The summed E-state index contributed by atoms with van der Waals surface area (Å²) in [5, 5.41) is 0. The van der Waals surface area contributed by atoms with Gasteiger partial charge in [-0.2, -0.15) is 0 Å². The molecule has 1 unspecified atom stereocenters. The van der Waals surface area contributed by atoms with E-state index in [1.807, 2.05) is 0 Å². The van der Waals surface area contributed by atoms with Crippen molar-refractivity contribution in [1.29, 1.82) is 0 Å². The van der Waals surface area contributed by atoms with E-state index in [-0.39, 0.29) is 11.6 Å². The number of carbonyl (C=O) groups excluding carboxylic acids is 1. The molecule has 0 amide bonds. The third-order valence-electron chi connectivity index (χ3n) is 3.17. The maximum absolute atomic E-state index is 13.0. The van der Waals surface area contributed by atoms with Gasteiger partial charge in [-0.1, -0.05) is 0 Å². The van der Waals surface area contributed by atoms with Crippen LogP contribution >= 0.6 is 0 Å². The van der Waals surface area contributed by atoms with E-state index in [1.165, 1.54) is 12.3 Å². The Bertz CT molecular complexity index is 408. The fourth-order valence-corrected chi connectivity index (χ4v) is 2.44. The van der Waals surface area contributed by atoms with Crippen LogP contribution in [0.4, 0.5) is 4.39 Å². The van der Waals surface area contributed by atoms with Crippen LogP contribution in [0.15, 0.2) is 18.5 Å². The molecule has 1 atom stereocenters. The van der Waals surface area contributed by atoms with Gasteiger partial charge in [0.1, 0.15) is 11.6 Å². The van der Waals surface area contributed by atoms with Gasteiger partial charge >= 0.3 is 0 Å². The summed E-state index contributed by atoms with van der Waals surface area (Å²) >= 11 is 0.